The minimum Gasteiger partial charge on any atom is -0.426 e. The van der Waals surface area contributed by atoms with Crippen LogP contribution in [0.2, 0.25) is 0 Å². The van der Waals surface area contributed by atoms with E-state index in [-0.39, 0.29) is 24.5 Å². The third kappa shape index (κ3) is 4.47. The van der Waals surface area contributed by atoms with E-state index in [2.05, 4.69) is 4.98 Å². The van der Waals surface area contributed by atoms with Crippen LogP contribution in [-0.2, 0) is 14.4 Å². The molecule has 0 radical (unpaired) electrons. The van der Waals surface area contributed by atoms with Crippen LogP contribution in [0.1, 0.15) is 24.2 Å². The molecule has 2 rings (SSSR count). The van der Waals surface area contributed by atoms with Crippen LogP contribution in [0.15, 0.2) is 24.4 Å². The molecule has 26 heavy (non-hydrogen) atoms. The lowest BCUT2D eigenvalue weighted by atomic mass is 10.1. The fourth-order valence-electron chi connectivity index (χ4n) is 2.43. The molecule has 0 unspecified atom stereocenters. The lowest BCUT2D eigenvalue weighted by Crippen LogP contribution is -2.38. The molecule has 1 heterocycles. The monoisotopic (exact) mass is 361 g/mol. The summed E-state index contributed by atoms with van der Waals surface area (Å²) >= 11 is 0. The number of fused-ring (bicyclic) bond motifs is 1. The van der Waals surface area contributed by atoms with Gasteiger partial charge in [-0.1, -0.05) is 6.07 Å². The maximum atomic E-state index is 12.7. The summed E-state index contributed by atoms with van der Waals surface area (Å²) in [5.74, 6) is -1.79. The third-order valence-corrected chi connectivity index (χ3v) is 3.66. The Kier molecular flexibility index (Phi) is 6.48. The molecule has 8 nitrogen and oxygen atoms in total. The number of rotatable bonds is 8. The second-order valence-corrected chi connectivity index (χ2v) is 5.94. The van der Waals surface area contributed by atoms with Crippen molar-refractivity contribution in [1.29, 1.82) is 0 Å². The van der Waals surface area contributed by atoms with Crippen LogP contribution in [0.3, 0.4) is 0 Å². The van der Waals surface area contributed by atoms with Gasteiger partial charge in [-0.05, 0) is 33.2 Å². The summed E-state index contributed by atoms with van der Waals surface area (Å²) in [4.78, 5) is 46.8. The number of carbonyl (C=O) groups is 3. The number of nitrogens with one attached hydrogen (secondary N) is 1. The standard InChI is InChI=1S/C18H23N3O5/c1-5-21(25-10-9-20(3)4)18(24)17(23)13-11-19-14-7-6-8-15(16(13)14)26-12(2)22/h6-8,11,19H,5,9-10H2,1-4H3. The Labute approximate surface area is 151 Å². The first kappa shape index (κ1) is 19.6. The second kappa shape index (κ2) is 8.59. The molecule has 0 spiro atoms. The topological polar surface area (TPSA) is 91.9 Å². The molecule has 1 N–H and O–H groups in total. The average molecular weight is 361 g/mol. The number of H-pyrrole nitrogens is 1. The number of aromatic amines is 1. The number of amides is 1. The van der Waals surface area contributed by atoms with Gasteiger partial charge in [-0.3, -0.25) is 19.2 Å². The molecule has 0 aliphatic heterocycles. The fraction of sp³-hybridized carbons (Fsp3) is 0.389. The van der Waals surface area contributed by atoms with Crippen molar-refractivity contribution < 1.29 is 24.0 Å². The van der Waals surface area contributed by atoms with E-state index in [9.17, 15) is 14.4 Å². The highest BCUT2D eigenvalue weighted by Crippen LogP contribution is 2.29. The third-order valence-electron chi connectivity index (χ3n) is 3.66. The molecule has 2 aromatic rings. The largest absolute Gasteiger partial charge is 0.426 e. The molecular weight excluding hydrogens is 338 g/mol. The van der Waals surface area contributed by atoms with Crippen molar-refractivity contribution in [3.63, 3.8) is 0 Å². The maximum Gasteiger partial charge on any atom is 0.318 e. The number of hydrogen-bond donors (Lipinski definition) is 1. The highest BCUT2D eigenvalue weighted by molar-refractivity contribution is 6.44. The summed E-state index contributed by atoms with van der Waals surface area (Å²) < 4.78 is 5.16. The van der Waals surface area contributed by atoms with E-state index in [1.165, 1.54) is 13.1 Å². The van der Waals surface area contributed by atoms with Crippen molar-refractivity contribution >= 4 is 28.6 Å². The molecular formula is C18H23N3O5. The summed E-state index contributed by atoms with van der Waals surface area (Å²) in [6.45, 7) is 4.13. The Hall–Kier alpha value is -2.71. The fourth-order valence-corrected chi connectivity index (χ4v) is 2.43. The van der Waals surface area contributed by atoms with Gasteiger partial charge in [0.1, 0.15) is 5.75 Å². The number of ketones is 1. The lowest BCUT2D eigenvalue weighted by Gasteiger charge is -2.20. The maximum absolute atomic E-state index is 12.7. The van der Waals surface area contributed by atoms with Crippen LogP contribution >= 0.6 is 0 Å². The molecule has 0 aliphatic rings. The molecule has 1 aromatic carbocycles. The van der Waals surface area contributed by atoms with E-state index >= 15 is 0 Å². The molecule has 0 bridgehead atoms. The first-order valence-corrected chi connectivity index (χ1v) is 8.27. The number of esters is 1. The average Bonchev–Trinajstić information content (AvgIpc) is 3.02. The Bertz CT molecular complexity index is 812. The van der Waals surface area contributed by atoms with Gasteiger partial charge >= 0.3 is 11.9 Å². The van der Waals surface area contributed by atoms with Crippen molar-refractivity contribution in [3.8, 4) is 5.75 Å². The number of Topliss-reactive ketones (excluding diaryl/α,β-unsaturated/α-hetero) is 1. The predicted octanol–water partition coefficient (Wildman–Crippen LogP) is 1.62. The zero-order valence-electron chi connectivity index (χ0n) is 15.4. The Morgan fingerprint density at radius 1 is 1.19 bits per heavy atom. The number of nitrogens with zero attached hydrogens (tertiary/aromatic N) is 2. The molecule has 140 valence electrons. The van der Waals surface area contributed by atoms with Crippen molar-refractivity contribution in [2.24, 2.45) is 0 Å². The highest BCUT2D eigenvalue weighted by Gasteiger charge is 2.27. The van der Waals surface area contributed by atoms with Gasteiger partial charge in [0.2, 0.25) is 0 Å². The number of carbonyl (C=O) groups excluding carboxylic acids is 3. The molecule has 1 amide bonds. The van der Waals surface area contributed by atoms with E-state index in [1.54, 1.807) is 25.1 Å². The van der Waals surface area contributed by atoms with Crippen molar-refractivity contribution in [2.45, 2.75) is 13.8 Å². The van der Waals surface area contributed by atoms with Gasteiger partial charge in [-0.2, -0.15) is 0 Å². The number of ether oxygens (including phenoxy) is 1. The van der Waals surface area contributed by atoms with Gasteiger partial charge in [-0.25, -0.2) is 5.06 Å². The van der Waals surface area contributed by atoms with E-state index < -0.39 is 17.7 Å². The zero-order valence-corrected chi connectivity index (χ0v) is 15.4. The molecule has 8 heteroatoms. The molecule has 0 aliphatic carbocycles. The van der Waals surface area contributed by atoms with Crippen LogP contribution in [0.5, 0.6) is 5.75 Å². The smallest absolute Gasteiger partial charge is 0.318 e. The quantitative estimate of drug-likeness (QED) is 0.253. The van der Waals surface area contributed by atoms with Gasteiger partial charge in [0.15, 0.2) is 0 Å². The molecule has 0 atom stereocenters. The van der Waals surface area contributed by atoms with Gasteiger partial charge in [-0.15, -0.1) is 0 Å². The SMILES string of the molecule is CCN(OCCN(C)C)C(=O)C(=O)c1c[nH]c2cccc(OC(C)=O)c12. The number of hydrogen-bond acceptors (Lipinski definition) is 6. The summed E-state index contributed by atoms with van der Waals surface area (Å²) in [6.07, 6.45) is 1.44. The van der Waals surface area contributed by atoms with Crippen molar-refractivity contribution in [3.05, 3.63) is 30.0 Å². The Balaban J connectivity index is 2.27. The highest BCUT2D eigenvalue weighted by atomic mass is 16.7. The van der Waals surface area contributed by atoms with Gasteiger partial charge < -0.3 is 14.6 Å². The minimum absolute atomic E-state index is 0.136. The Morgan fingerprint density at radius 2 is 1.92 bits per heavy atom. The van der Waals surface area contributed by atoms with E-state index in [1.807, 2.05) is 19.0 Å². The molecule has 0 saturated carbocycles. The minimum atomic E-state index is -0.773. The molecule has 0 fully saturated rings. The Morgan fingerprint density at radius 3 is 2.54 bits per heavy atom. The number of likely N-dealkylation sites (N-methyl/N-ethyl adjacent to an activating group) is 2. The lowest BCUT2D eigenvalue weighted by molar-refractivity contribution is -0.180. The molecule has 1 aromatic heterocycles. The van der Waals surface area contributed by atoms with Crippen LogP contribution in [0.4, 0.5) is 0 Å². The van der Waals surface area contributed by atoms with E-state index in [0.29, 0.717) is 17.4 Å². The predicted molar refractivity (Wildman–Crippen MR) is 95.8 cm³/mol. The van der Waals surface area contributed by atoms with Crippen molar-refractivity contribution in [2.75, 3.05) is 33.8 Å². The normalized spacial score (nSPS) is 11.0. The van der Waals surface area contributed by atoms with Crippen molar-refractivity contribution in [1.82, 2.24) is 14.9 Å². The second-order valence-electron chi connectivity index (χ2n) is 5.94. The van der Waals surface area contributed by atoms with E-state index in [0.717, 1.165) is 5.06 Å². The first-order valence-electron chi connectivity index (χ1n) is 8.27. The zero-order chi connectivity index (χ0) is 19.3. The summed E-state index contributed by atoms with van der Waals surface area (Å²) in [5.41, 5.74) is 0.730. The van der Waals surface area contributed by atoms with Crippen LogP contribution in [-0.4, -0.2) is 66.4 Å². The number of hydroxylamine groups is 2. The van der Waals surface area contributed by atoms with Gasteiger partial charge in [0, 0.05) is 31.7 Å². The van der Waals surface area contributed by atoms with Gasteiger partial charge in [0.05, 0.1) is 17.6 Å². The summed E-state index contributed by atoms with van der Waals surface area (Å²) in [7, 11) is 3.77. The van der Waals surface area contributed by atoms with Gasteiger partial charge in [0.25, 0.3) is 5.78 Å². The van der Waals surface area contributed by atoms with Crippen LogP contribution < -0.4 is 4.74 Å². The molecule has 0 saturated heterocycles. The first-order chi connectivity index (χ1) is 12.3. The van der Waals surface area contributed by atoms with Crippen LogP contribution in [0, 0.1) is 0 Å². The number of aromatic nitrogens is 1. The summed E-state index contributed by atoms with van der Waals surface area (Å²) in [5, 5.41) is 1.43. The van der Waals surface area contributed by atoms with Crippen LogP contribution in [0.25, 0.3) is 10.9 Å². The van der Waals surface area contributed by atoms with E-state index in [4.69, 9.17) is 9.57 Å². The number of benzene rings is 1. The summed E-state index contributed by atoms with van der Waals surface area (Å²) in [6, 6.07) is 4.99.